The maximum atomic E-state index is 13.8. The van der Waals surface area contributed by atoms with Gasteiger partial charge in [-0.15, -0.1) is 0 Å². The summed E-state index contributed by atoms with van der Waals surface area (Å²) < 4.78 is 38.4. The van der Waals surface area contributed by atoms with Crippen molar-refractivity contribution >= 4 is 37.4 Å². The van der Waals surface area contributed by atoms with Crippen LogP contribution >= 0.6 is 15.9 Å². The van der Waals surface area contributed by atoms with Gasteiger partial charge in [0.25, 0.3) is 5.91 Å². The lowest BCUT2D eigenvalue weighted by Gasteiger charge is -2.10. The van der Waals surface area contributed by atoms with Gasteiger partial charge < -0.3 is 5.32 Å². The maximum Gasteiger partial charge on any atom is 0.257 e. The molecule has 0 unspecified atom stereocenters. The Balaban J connectivity index is 2.39. The number of carbonyl (C=O) groups is 1. The van der Waals surface area contributed by atoms with E-state index in [2.05, 4.69) is 21.2 Å². The van der Waals surface area contributed by atoms with Crippen LogP contribution < -0.4 is 5.32 Å². The van der Waals surface area contributed by atoms with E-state index in [0.29, 0.717) is 4.47 Å². The third kappa shape index (κ3) is 3.53. The van der Waals surface area contributed by atoms with E-state index in [-0.39, 0.29) is 21.9 Å². The van der Waals surface area contributed by atoms with Crippen LogP contribution in [0.25, 0.3) is 0 Å². The number of hydrogen-bond acceptors (Lipinski definition) is 3. The lowest BCUT2D eigenvalue weighted by atomic mass is 10.2. The minimum atomic E-state index is -3.55. The molecule has 1 N–H and O–H groups in total. The highest BCUT2D eigenvalue weighted by Gasteiger charge is 2.21. The zero-order valence-corrected chi connectivity index (χ0v) is 14.0. The fourth-order valence-corrected chi connectivity index (χ4v) is 3.29. The van der Waals surface area contributed by atoms with Gasteiger partial charge in [-0.3, -0.25) is 4.79 Å². The number of carbonyl (C=O) groups excluding carboxylic acids is 1. The molecule has 0 spiro atoms. The van der Waals surface area contributed by atoms with E-state index in [4.69, 9.17) is 0 Å². The van der Waals surface area contributed by atoms with E-state index < -0.39 is 21.6 Å². The minimum absolute atomic E-state index is 0.00771. The quantitative estimate of drug-likeness (QED) is 0.873. The Labute approximate surface area is 136 Å². The lowest BCUT2D eigenvalue weighted by Crippen LogP contribution is -2.17. The van der Waals surface area contributed by atoms with Crippen molar-refractivity contribution in [2.45, 2.75) is 11.8 Å². The van der Waals surface area contributed by atoms with Gasteiger partial charge in [0.2, 0.25) is 0 Å². The monoisotopic (exact) mass is 385 g/mol. The van der Waals surface area contributed by atoms with Gasteiger partial charge in [-0.25, -0.2) is 12.8 Å². The Kier molecular flexibility index (Phi) is 4.97. The molecule has 1 amide bonds. The topological polar surface area (TPSA) is 63.2 Å². The summed E-state index contributed by atoms with van der Waals surface area (Å²) in [5.74, 6) is -1.41. The van der Waals surface area contributed by atoms with E-state index in [1.54, 1.807) is 18.2 Å². The summed E-state index contributed by atoms with van der Waals surface area (Å²) in [6, 6.07) is 10.0. The number of hydrogen-bond donors (Lipinski definition) is 1. The molecule has 0 aromatic heterocycles. The van der Waals surface area contributed by atoms with Crippen LogP contribution in [-0.2, 0) is 9.84 Å². The van der Waals surface area contributed by atoms with Crippen LogP contribution in [0.4, 0.5) is 10.1 Å². The predicted octanol–water partition coefficient (Wildman–Crippen LogP) is 3.63. The van der Waals surface area contributed by atoms with E-state index >= 15 is 0 Å². The molecule has 0 radical (unpaired) electrons. The molecule has 2 rings (SSSR count). The third-order valence-corrected chi connectivity index (χ3v) is 5.31. The molecule has 0 aliphatic heterocycles. The second-order valence-electron chi connectivity index (χ2n) is 4.48. The molecule has 2 aromatic rings. The first-order valence-electron chi connectivity index (χ1n) is 6.43. The van der Waals surface area contributed by atoms with Crippen molar-refractivity contribution in [2.75, 3.05) is 11.1 Å². The van der Waals surface area contributed by atoms with Crippen molar-refractivity contribution < 1.29 is 17.6 Å². The summed E-state index contributed by atoms with van der Waals surface area (Å²) in [7, 11) is -3.55. The Bertz CT molecular complexity index is 821. The van der Waals surface area contributed by atoms with Crippen molar-refractivity contribution in [3.63, 3.8) is 0 Å². The minimum Gasteiger partial charge on any atom is -0.319 e. The van der Waals surface area contributed by atoms with Crippen LogP contribution in [0.2, 0.25) is 0 Å². The number of halogens is 2. The summed E-state index contributed by atoms with van der Waals surface area (Å²) in [5.41, 5.74) is -0.0245. The number of benzene rings is 2. The lowest BCUT2D eigenvalue weighted by molar-refractivity contribution is 0.102. The van der Waals surface area contributed by atoms with Gasteiger partial charge in [-0.2, -0.15) is 0 Å². The molecule has 4 nitrogen and oxygen atoms in total. The van der Waals surface area contributed by atoms with Gasteiger partial charge in [0.05, 0.1) is 21.9 Å². The SMILES string of the molecule is CCS(=O)(=O)c1ccccc1C(=O)Nc1ccc(Br)cc1F. The molecule has 0 aliphatic carbocycles. The summed E-state index contributed by atoms with van der Waals surface area (Å²) >= 11 is 3.12. The Morgan fingerprint density at radius 2 is 1.91 bits per heavy atom. The van der Waals surface area contributed by atoms with Crippen LogP contribution in [-0.4, -0.2) is 20.1 Å². The van der Waals surface area contributed by atoms with Crippen molar-refractivity contribution in [1.29, 1.82) is 0 Å². The van der Waals surface area contributed by atoms with Crippen LogP contribution in [0.1, 0.15) is 17.3 Å². The largest absolute Gasteiger partial charge is 0.319 e. The van der Waals surface area contributed by atoms with Gasteiger partial charge in [0.1, 0.15) is 5.82 Å². The molecule has 0 saturated carbocycles. The molecule has 116 valence electrons. The van der Waals surface area contributed by atoms with E-state index in [0.717, 1.165) is 0 Å². The first kappa shape index (κ1) is 16.6. The van der Waals surface area contributed by atoms with E-state index in [1.165, 1.54) is 31.2 Å². The second kappa shape index (κ2) is 6.58. The van der Waals surface area contributed by atoms with Gasteiger partial charge in [-0.1, -0.05) is 35.0 Å². The average molecular weight is 386 g/mol. The van der Waals surface area contributed by atoms with Gasteiger partial charge >= 0.3 is 0 Å². The van der Waals surface area contributed by atoms with E-state index in [1.807, 2.05) is 0 Å². The molecule has 0 saturated heterocycles. The molecule has 22 heavy (non-hydrogen) atoms. The van der Waals surface area contributed by atoms with Crippen molar-refractivity contribution in [3.05, 3.63) is 58.3 Å². The third-order valence-electron chi connectivity index (χ3n) is 3.03. The van der Waals surface area contributed by atoms with Crippen LogP contribution in [0.5, 0.6) is 0 Å². The molecule has 0 atom stereocenters. The molecule has 0 aliphatic rings. The zero-order chi connectivity index (χ0) is 16.3. The standard InChI is InChI=1S/C15H13BrFNO3S/c1-2-22(20,21)14-6-4-3-5-11(14)15(19)18-13-8-7-10(16)9-12(13)17/h3-9H,2H2,1H3,(H,18,19). The highest BCUT2D eigenvalue weighted by molar-refractivity contribution is 9.10. The van der Waals surface area contributed by atoms with Crippen molar-refractivity contribution in [1.82, 2.24) is 0 Å². The fraction of sp³-hybridized carbons (Fsp3) is 0.133. The normalized spacial score (nSPS) is 11.2. The Morgan fingerprint density at radius 1 is 1.23 bits per heavy atom. The van der Waals surface area contributed by atoms with Gasteiger partial charge in [0.15, 0.2) is 9.84 Å². The number of rotatable bonds is 4. The fourth-order valence-electron chi connectivity index (χ4n) is 1.86. The number of sulfone groups is 1. The van der Waals surface area contributed by atoms with Crippen molar-refractivity contribution in [3.8, 4) is 0 Å². The molecule has 7 heteroatoms. The molecular weight excluding hydrogens is 373 g/mol. The smallest absolute Gasteiger partial charge is 0.257 e. The predicted molar refractivity (Wildman–Crippen MR) is 86.2 cm³/mol. The molecule has 0 fully saturated rings. The second-order valence-corrected chi connectivity index (χ2v) is 7.64. The summed E-state index contributed by atoms with van der Waals surface area (Å²) in [6.07, 6.45) is 0. The van der Waals surface area contributed by atoms with Crippen molar-refractivity contribution in [2.24, 2.45) is 0 Å². The number of nitrogens with one attached hydrogen (secondary N) is 1. The molecule has 2 aromatic carbocycles. The Hall–Kier alpha value is -1.73. The highest BCUT2D eigenvalue weighted by atomic mass is 79.9. The summed E-state index contributed by atoms with van der Waals surface area (Å²) in [4.78, 5) is 12.2. The first-order valence-corrected chi connectivity index (χ1v) is 8.88. The van der Waals surface area contributed by atoms with E-state index in [9.17, 15) is 17.6 Å². The molecule has 0 heterocycles. The zero-order valence-electron chi connectivity index (χ0n) is 11.6. The van der Waals surface area contributed by atoms with Crippen LogP contribution in [0.15, 0.2) is 51.8 Å². The van der Waals surface area contributed by atoms with Crippen LogP contribution in [0, 0.1) is 5.82 Å². The summed E-state index contributed by atoms with van der Waals surface area (Å²) in [6.45, 7) is 1.50. The average Bonchev–Trinajstić information content (AvgIpc) is 2.50. The van der Waals surface area contributed by atoms with Gasteiger partial charge in [-0.05, 0) is 30.3 Å². The molecule has 0 bridgehead atoms. The number of amides is 1. The Morgan fingerprint density at radius 3 is 2.55 bits per heavy atom. The highest BCUT2D eigenvalue weighted by Crippen LogP contribution is 2.22. The maximum absolute atomic E-state index is 13.8. The first-order chi connectivity index (χ1) is 10.3. The van der Waals surface area contributed by atoms with Gasteiger partial charge in [0, 0.05) is 4.47 Å². The molecular formula is C15H13BrFNO3S. The van der Waals surface area contributed by atoms with Crippen LogP contribution in [0.3, 0.4) is 0 Å². The summed E-state index contributed by atoms with van der Waals surface area (Å²) in [5, 5.41) is 2.39. The number of anilines is 1.